The standard InChI is InChI=1S/C26H28N2O4S/c1-18(22-11-10-20-6-3-4-7-24(20)16-22)27-26(30)21-12-14-28(15-13-21)33(31,32)25-9-5-8-23(17-25)19(2)29/h3-11,16-18,21H,12-15H2,1-2H3,(H,27,30)/t18-/m0/s1. The van der Waals surface area contributed by atoms with Crippen LogP contribution in [0.1, 0.15) is 48.7 Å². The number of nitrogens with one attached hydrogen (secondary N) is 1. The van der Waals surface area contributed by atoms with Crippen LogP contribution < -0.4 is 5.32 Å². The van der Waals surface area contributed by atoms with E-state index in [1.165, 1.54) is 23.4 Å². The molecule has 0 radical (unpaired) electrons. The third-order valence-electron chi connectivity index (χ3n) is 6.34. The van der Waals surface area contributed by atoms with E-state index in [4.69, 9.17) is 0 Å². The largest absolute Gasteiger partial charge is 0.349 e. The van der Waals surface area contributed by atoms with Crippen LogP contribution in [0.4, 0.5) is 0 Å². The van der Waals surface area contributed by atoms with Crippen molar-refractivity contribution in [3.05, 3.63) is 77.9 Å². The Morgan fingerprint density at radius 1 is 0.939 bits per heavy atom. The lowest BCUT2D eigenvalue weighted by Crippen LogP contribution is -2.43. The first kappa shape index (κ1) is 23.1. The molecule has 1 N–H and O–H groups in total. The summed E-state index contributed by atoms with van der Waals surface area (Å²) in [4.78, 5) is 24.6. The molecule has 0 saturated carbocycles. The summed E-state index contributed by atoms with van der Waals surface area (Å²) in [6, 6.07) is 20.2. The first-order chi connectivity index (χ1) is 15.8. The number of fused-ring (bicyclic) bond motifs is 1. The summed E-state index contributed by atoms with van der Waals surface area (Å²) in [6.07, 6.45) is 0.920. The highest BCUT2D eigenvalue weighted by Crippen LogP contribution is 2.26. The molecule has 172 valence electrons. The number of carbonyl (C=O) groups excluding carboxylic acids is 2. The highest BCUT2D eigenvalue weighted by Gasteiger charge is 2.32. The molecule has 33 heavy (non-hydrogen) atoms. The molecule has 3 aromatic rings. The summed E-state index contributed by atoms with van der Waals surface area (Å²) in [7, 11) is -3.70. The number of benzene rings is 3. The first-order valence-electron chi connectivity index (χ1n) is 11.2. The second-order valence-electron chi connectivity index (χ2n) is 8.60. The van der Waals surface area contributed by atoms with Gasteiger partial charge in [-0.1, -0.05) is 48.5 Å². The Labute approximate surface area is 194 Å². The van der Waals surface area contributed by atoms with Crippen LogP contribution in [0.25, 0.3) is 10.8 Å². The maximum atomic E-state index is 13.0. The van der Waals surface area contributed by atoms with Gasteiger partial charge in [-0.3, -0.25) is 9.59 Å². The number of rotatable bonds is 6. The van der Waals surface area contributed by atoms with Crippen LogP contribution in [-0.4, -0.2) is 37.5 Å². The molecule has 0 aliphatic carbocycles. The molecule has 1 aliphatic rings. The van der Waals surface area contributed by atoms with Gasteiger partial charge in [0, 0.05) is 24.6 Å². The van der Waals surface area contributed by atoms with Crippen molar-refractivity contribution in [1.82, 2.24) is 9.62 Å². The number of hydrogen-bond acceptors (Lipinski definition) is 4. The molecule has 3 aromatic carbocycles. The Hall–Kier alpha value is -3.03. The molecule has 1 heterocycles. The predicted molar refractivity (Wildman–Crippen MR) is 128 cm³/mol. The summed E-state index contributed by atoms with van der Waals surface area (Å²) in [6.45, 7) is 3.92. The second-order valence-corrected chi connectivity index (χ2v) is 10.5. The van der Waals surface area contributed by atoms with Gasteiger partial charge < -0.3 is 5.32 Å². The molecule has 1 fully saturated rings. The molecule has 1 atom stereocenters. The van der Waals surface area contributed by atoms with Gasteiger partial charge in [-0.05, 0) is 61.2 Å². The van der Waals surface area contributed by atoms with Crippen LogP contribution in [0, 0.1) is 5.92 Å². The summed E-state index contributed by atoms with van der Waals surface area (Å²) < 4.78 is 27.5. The zero-order valence-corrected chi connectivity index (χ0v) is 19.6. The van der Waals surface area contributed by atoms with E-state index in [-0.39, 0.29) is 41.6 Å². The summed E-state index contributed by atoms with van der Waals surface area (Å²) in [5.74, 6) is -0.461. The van der Waals surface area contributed by atoms with Crippen LogP contribution in [0.5, 0.6) is 0 Å². The minimum absolute atomic E-state index is 0.0497. The number of hydrogen-bond donors (Lipinski definition) is 1. The fourth-order valence-corrected chi connectivity index (χ4v) is 5.79. The minimum atomic E-state index is -3.70. The second kappa shape index (κ2) is 9.45. The molecule has 0 unspecified atom stereocenters. The van der Waals surface area contributed by atoms with Gasteiger partial charge in [0.05, 0.1) is 10.9 Å². The Morgan fingerprint density at radius 2 is 1.64 bits per heavy atom. The van der Waals surface area contributed by atoms with Gasteiger partial charge in [0.1, 0.15) is 0 Å². The van der Waals surface area contributed by atoms with E-state index in [1.807, 2.05) is 25.1 Å². The Bertz CT molecular complexity index is 1290. The Morgan fingerprint density at radius 3 is 2.33 bits per heavy atom. The van der Waals surface area contributed by atoms with Crippen LogP contribution in [-0.2, 0) is 14.8 Å². The van der Waals surface area contributed by atoms with Crippen molar-refractivity contribution in [3.8, 4) is 0 Å². The third kappa shape index (κ3) is 4.99. The van der Waals surface area contributed by atoms with Crippen LogP contribution in [0.3, 0.4) is 0 Å². The number of nitrogens with zero attached hydrogens (tertiary/aromatic N) is 1. The van der Waals surface area contributed by atoms with Gasteiger partial charge >= 0.3 is 0 Å². The number of amides is 1. The van der Waals surface area contributed by atoms with Crippen molar-refractivity contribution in [2.24, 2.45) is 5.92 Å². The molecule has 7 heteroatoms. The van der Waals surface area contributed by atoms with Crippen molar-refractivity contribution in [3.63, 3.8) is 0 Å². The topological polar surface area (TPSA) is 83.6 Å². The predicted octanol–water partition coefficient (Wildman–Crippen LogP) is 4.32. The first-order valence-corrected chi connectivity index (χ1v) is 12.6. The lowest BCUT2D eigenvalue weighted by Gasteiger charge is -2.31. The molecule has 1 amide bonds. The molecule has 6 nitrogen and oxygen atoms in total. The van der Waals surface area contributed by atoms with Crippen LogP contribution in [0.2, 0.25) is 0 Å². The van der Waals surface area contributed by atoms with E-state index in [0.717, 1.165) is 16.3 Å². The molecular weight excluding hydrogens is 436 g/mol. The van der Waals surface area contributed by atoms with E-state index in [0.29, 0.717) is 18.4 Å². The van der Waals surface area contributed by atoms with Gasteiger partial charge in [-0.2, -0.15) is 4.31 Å². The van der Waals surface area contributed by atoms with Gasteiger partial charge in [0.25, 0.3) is 0 Å². The molecule has 0 bridgehead atoms. The fraction of sp³-hybridized carbons (Fsp3) is 0.308. The highest BCUT2D eigenvalue weighted by molar-refractivity contribution is 7.89. The Kier molecular flexibility index (Phi) is 6.63. The van der Waals surface area contributed by atoms with Crippen molar-refractivity contribution in [2.45, 2.75) is 37.6 Å². The average Bonchev–Trinajstić information content (AvgIpc) is 2.83. The SMILES string of the molecule is CC(=O)c1cccc(S(=O)(=O)N2CCC(C(=O)N[C@@H](C)c3ccc4ccccc4c3)CC2)c1. The van der Waals surface area contributed by atoms with Crippen LogP contribution in [0.15, 0.2) is 71.6 Å². The molecule has 1 saturated heterocycles. The lowest BCUT2D eigenvalue weighted by molar-refractivity contribution is -0.126. The highest BCUT2D eigenvalue weighted by atomic mass is 32.2. The van der Waals surface area contributed by atoms with E-state index < -0.39 is 10.0 Å². The summed E-state index contributed by atoms with van der Waals surface area (Å²) >= 11 is 0. The van der Waals surface area contributed by atoms with E-state index in [9.17, 15) is 18.0 Å². The maximum absolute atomic E-state index is 13.0. The molecule has 0 spiro atoms. The number of Topliss-reactive ketones (excluding diaryl/α,β-unsaturated/α-hetero) is 1. The minimum Gasteiger partial charge on any atom is -0.349 e. The fourth-order valence-electron chi connectivity index (χ4n) is 4.27. The number of sulfonamides is 1. The Balaban J connectivity index is 1.38. The van der Waals surface area contributed by atoms with Crippen molar-refractivity contribution in [2.75, 3.05) is 13.1 Å². The van der Waals surface area contributed by atoms with Gasteiger partial charge in [-0.25, -0.2) is 8.42 Å². The lowest BCUT2D eigenvalue weighted by atomic mass is 9.96. The monoisotopic (exact) mass is 464 g/mol. The third-order valence-corrected chi connectivity index (χ3v) is 8.23. The van der Waals surface area contributed by atoms with E-state index in [2.05, 4.69) is 29.6 Å². The van der Waals surface area contributed by atoms with Crippen molar-refractivity contribution >= 4 is 32.5 Å². The number of piperidine rings is 1. The molecule has 4 rings (SSSR count). The van der Waals surface area contributed by atoms with Gasteiger partial charge in [0.15, 0.2) is 5.78 Å². The van der Waals surface area contributed by atoms with Crippen molar-refractivity contribution < 1.29 is 18.0 Å². The molecular formula is C26H28N2O4S. The number of carbonyl (C=O) groups is 2. The maximum Gasteiger partial charge on any atom is 0.243 e. The van der Waals surface area contributed by atoms with Crippen molar-refractivity contribution in [1.29, 1.82) is 0 Å². The smallest absolute Gasteiger partial charge is 0.243 e. The number of ketones is 1. The summed E-state index contributed by atoms with van der Waals surface area (Å²) in [5.41, 5.74) is 1.40. The van der Waals surface area contributed by atoms with Gasteiger partial charge in [-0.15, -0.1) is 0 Å². The van der Waals surface area contributed by atoms with Crippen LogP contribution >= 0.6 is 0 Å². The summed E-state index contributed by atoms with van der Waals surface area (Å²) in [5, 5.41) is 5.37. The quantitative estimate of drug-likeness (QED) is 0.551. The van der Waals surface area contributed by atoms with E-state index >= 15 is 0 Å². The zero-order valence-electron chi connectivity index (χ0n) is 18.8. The molecule has 1 aliphatic heterocycles. The molecule has 0 aromatic heterocycles. The zero-order chi connectivity index (χ0) is 23.6. The van der Waals surface area contributed by atoms with E-state index in [1.54, 1.807) is 12.1 Å². The normalized spacial score (nSPS) is 16.4. The average molecular weight is 465 g/mol. The van der Waals surface area contributed by atoms with Gasteiger partial charge in [0.2, 0.25) is 15.9 Å².